The molecule has 1 rings (SSSR count). The van der Waals surface area contributed by atoms with Gasteiger partial charge in [-0.3, -0.25) is 9.59 Å². The Bertz CT molecular complexity index is 518. The second kappa shape index (κ2) is 6.72. The minimum Gasteiger partial charge on any atom is -0.481 e. The van der Waals surface area contributed by atoms with Crippen LogP contribution in [0.4, 0.5) is 0 Å². The summed E-state index contributed by atoms with van der Waals surface area (Å²) < 4.78 is 4.99. The number of methoxy groups -OCH3 is 1. The van der Waals surface area contributed by atoms with Crippen molar-refractivity contribution in [3.63, 3.8) is 0 Å². The second-order valence-corrected chi connectivity index (χ2v) is 5.41. The van der Waals surface area contributed by atoms with E-state index in [0.29, 0.717) is 10.6 Å². The van der Waals surface area contributed by atoms with Crippen molar-refractivity contribution in [3.8, 4) is 0 Å². The fourth-order valence-corrected chi connectivity index (χ4v) is 2.23. The molecule has 0 radical (unpaired) electrons. The average molecular weight is 300 g/mol. The standard InChI is InChI=1S/C14H18ClNO4/c1-9-6-10(15)4-5-11(9)13(19)16-14(2,8-20-3)7-12(17)18/h4-6H,7-8H2,1-3H3,(H,16,19)(H,17,18). The molecule has 20 heavy (non-hydrogen) atoms. The number of nitrogens with one attached hydrogen (secondary N) is 1. The van der Waals surface area contributed by atoms with Gasteiger partial charge in [0.2, 0.25) is 0 Å². The molecule has 1 unspecified atom stereocenters. The molecular formula is C14H18ClNO4. The zero-order valence-corrected chi connectivity index (χ0v) is 12.5. The highest BCUT2D eigenvalue weighted by molar-refractivity contribution is 6.30. The first kappa shape index (κ1) is 16.5. The van der Waals surface area contributed by atoms with E-state index < -0.39 is 11.5 Å². The van der Waals surface area contributed by atoms with Crippen LogP contribution < -0.4 is 5.32 Å². The second-order valence-electron chi connectivity index (χ2n) is 4.98. The number of rotatable bonds is 6. The maximum atomic E-state index is 12.2. The lowest BCUT2D eigenvalue weighted by atomic mass is 9.97. The number of benzene rings is 1. The van der Waals surface area contributed by atoms with E-state index in [-0.39, 0.29) is 18.9 Å². The van der Waals surface area contributed by atoms with Gasteiger partial charge in [0.25, 0.3) is 5.91 Å². The summed E-state index contributed by atoms with van der Waals surface area (Å²) >= 11 is 5.84. The molecule has 1 aromatic rings. The molecule has 2 N–H and O–H groups in total. The third-order valence-corrected chi connectivity index (χ3v) is 3.09. The van der Waals surface area contributed by atoms with Gasteiger partial charge in [-0.2, -0.15) is 0 Å². The van der Waals surface area contributed by atoms with Crippen molar-refractivity contribution in [2.75, 3.05) is 13.7 Å². The van der Waals surface area contributed by atoms with E-state index in [4.69, 9.17) is 21.4 Å². The lowest BCUT2D eigenvalue weighted by Gasteiger charge is -2.28. The zero-order chi connectivity index (χ0) is 15.3. The summed E-state index contributed by atoms with van der Waals surface area (Å²) in [6, 6.07) is 4.91. The van der Waals surface area contributed by atoms with Gasteiger partial charge in [-0.25, -0.2) is 0 Å². The Morgan fingerprint density at radius 1 is 1.45 bits per heavy atom. The van der Waals surface area contributed by atoms with Gasteiger partial charge in [0.05, 0.1) is 18.6 Å². The van der Waals surface area contributed by atoms with Gasteiger partial charge in [-0.05, 0) is 37.6 Å². The van der Waals surface area contributed by atoms with Gasteiger partial charge >= 0.3 is 5.97 Å². The first-order chi connectivity index (χ1) is 9.27. The van der Waals surface area contributed by atoms with Crippen LogP contribution in [0.5, 0.6) is 0 Å². The van der Waals surface area contributed by atoms with Crippen molar-refractivity contribution in [1.29, 1.82) is 0 Å². The first-order valence-corrected chi connectivity index (χ1v) is 6.44. The van der Waals surface area contributed by atoms with Gasteiger partial charge < -0.3 is 15.2 Å². The molecule has 0 saturated heterocycles. The van der Waals surface area contributed by atoms with Crippen molar-refractivity contribution in [3.05, 3.63) is 34.3 Å². The highest BCUT2D eigenvalue weighted by atomic mass is 35.5. The Kier molecular flexibility index (Phi) is 5.53. The summed E-state index contributed by atoms with van der Waals surface area (Å²) in [6.07, 6.45) is -0.223. The van der Waals surface area contributed by atoms with Crippen LogP contribution in [-0.2, 0) is 9.53 Å². The maximum absolute atomic E-state index is 12.2. The molecule has 0 heterocycles. The van der Waals surface area contributed by atoms with Crippen LogP contribution >= 0.6 is 11.6 Å². The molecule has 1 aromatic carbocycles. The third-order valence-electron chi connectivity index (χ3n) is 2.85. The van der Waals surface area contributed by atoms with E-state index >= 15 is 0 Å². The van der Waals surface area contributed by atoms with Gasteiger partial charge in [0, 0.05) is 17.7 Å². The topological polar surface area (TPSA) is 75.6 Å². The van der Waals surface area contributed by atoms with Crippen molar-refractivity contribution in [2.45, 2.75) is 25.8 Å². The summed E-state index contributed by atoms with van der Waals surface area (Å²) in [5.41, 5.74) is 0.219. The van der Waals surface area contributed by atoms with Gasteiger partial charge in [0.15, 0.2) is 0 Å². The molecule has 1 atom stereocenters. The average Bonchev–Trinajstić information content (AvgIpc) is 2.26. The summed E-state index contributed by atoms with van der Waals surface area (Å²) in [5.74, 6) is -1.35. The van der Waals surface area contributed by atoms with Crippen molar-refractivity contribution in [2.24, 2.45) is 0 Å². The first-order valence-electron chi connectivity index (χ1n) is 6.07. The molecule has 0 spiro atoms. The number of carbonyl (C=O) groups excluding carboxylic acids is 1. The minimum atomic E-state index is -1.00. The van der Waals surface area contributed by atoms with E-state index in [1.54, 1.807) is 32.0 Å². The third kappa shape index (κ3) is 4.51. The van der Waals surface area contributed by atoms with Gasteiger partial charge in [-0.15, -0.1) is 0 Å². The highest BCUT2D eigenvalue weighted by Gasteiger charge is 2.30. The fraction of sp³-hybridized carbons (Fsp3) is 0.429. The van der Waals surface area contributed by atoms with E-state index in [1.807, 2.05) is 0 Å². The summed E-state index contributed by atoms with van der Waals surface area (Å²) in [5, 5.41) is 12.2. The largest absolute Gasteiger partial charge is 0.481 e. The van der Waals surface area contributed by atoms with Crippen LogP contribution in [0.15, 0.2) is 18.2 Å². The number of amides is 1. The van der Waals surface area contributed by atoms with E-state index in [2.05, 4.69) is 5.32 Å². The predicted octanol–water partition coefficient (Wildman–Crippen LogP) is 2.26. The molecule has 5 nitrogen and oxygen atoms in total. The quantitative estimate of drug-likeness (QED) is 0.845. The molecule has 0 aromatic heterocycles. The van der Waals surface area contributed by atoms with E-state index in [1.165, 1.54) is 7.11 Å². The number of ether oxygens (including phenoxy) is 1. The number of hydrogen-bond donors (Lipinski definition) is 2. The van der Waals surface area contributed by atoms with Crippen molar-refractivity contribution < 1.29 is 19.4 Å². The minimum absolute atomic E-state index is 0.109. The predicted molar refractivity (Wildman–Crippen MR) is 76.2 cm³/mol. The Morgan fingerprint density at radius 3 is 2.60 bits per heavy atom. The molecule has 0 fully saturated rings. The van der Waals surface area contributed by atoms with E-state index in [9.17, 15) is 9.59 Å². The molecule has 0 aliphatic carbocycles. The van der Waals surface area contributed by atoms with Crippen molar-refractivity contribution in [1.82, 2.24) is 5.32 Å². The highest BCUT2D eigenvalue weighted by Crippen LogP contribution is 2.17. The summed E-state index contributed by atoms with van der Waals surface area (Å²) in [7, 11) is 1.46. The Labute approximate surface area is 122 Å². The van der Waals surface area contributed by atoms with Crippen LogP contribution in [0.3, 0.4) is 0 Å². The van der Waals surface area contributed by atoms with Crippen LogP contribution in [0, 0.1) is 6.92 Å². The van der Waals surface area contributed by atoms with E-state index in [0.717, 1.165) is 5.56 Å². The zero-order valence-electron chi connectivity index (χ0n) is 11.7. The number of carbonyl (C=O) groups is 2. The molecule has 0 aliphatic heterocycles. The molecule has 1 amide bonds. The number of aryl methyl sites for hydroxylation is 1. The van der Waals surface area contributed by atoms with Crippen LogP contribution in [0.1, 0.15) is 29.3 Å². The lowest BCUT2D eigenvalue weighted by molar-refractivity contribution is -0.139. The van der Waals surface area contributed by atoms with Gasteiger partial charge in [-0.1, -0.05) is 11.6 Å². The Morgan fingerprint density at radius 2 is 2.10 bits per heavy atom. The molecule has 110 valence electrons. The number of carboxylic acids is 1. The SMILES string of the molecule is COCC(C)(CC(=O)O)NC(=O)c1ccc(Cl)cc1C. The number of halogens is 1. The molecule has 6 heteroatoms. The smallest absolute Gasteiger partial charge is 0.305 e. The summed E-state index contributed by atoms with van der Waals surface area (Å²) in [6.45, 7) is 3.51. The lowest BCUT2D eigenvalue weighted by Crippen LogP contribution is -2.50. The normalized spacial score (nSPS) is 13.6. The fourth-order valence-electron chi connectivity index (χ4n) is 2.01. The van der Waals surface area contributed by atoms with Crippen molar-refractivity contribution >= 4 is 23.5 Å². The maximum Gasteiger partial charge on any atom is 0.305 e. The number of aliphatic carboxylic acids is 1. The van der Waals surface area contributed by atoms with Crippen LogP contribution in [0.2, 0.25) is 5.02 Å². The molecule has 0 aliphatic rings. The molecule has 0 saturated carbocycles. The Hall–Kier alpha value is -1.59. The van der Waals surface area contributed by atoms with Crippen LogP contribution in [-0.4, -0.2) is 36.2 Å². The Balaban J connectivity index is 2.93. The monoisotopic (exact) mass is 299 g/mol. The molecular weight excluding hydrogens is 282 g/mol. The summed E-state index contributed by atoms with van der Waals surface area (Å²) in [4.78, 5) is 23.1. The number of hydrogen-bond acceptors (Lipinski definition) is 3. The molecule has 0 bridgehead atoms. The van der Waals surface area contributed by atoms with Gasteiger partial charge in [0.1, 0.15) is 0 Å². The number of carboxylic acid groups (broad SMARTS) is 1. The van der Waals surface area contributed by atoms with Crippen LogP contribution in [0.25, 0.3) is 0 Å².